The molecule has 0 aromatic heterocycles. The van der Waals surface area contributed by atoms with Crippen molar-refractivity contribution in [3.05, 3.63) is 63.1 Å². The first-order chi connectivity index (χ1) is 12.0. The number of esters is 1. The molecule has 0 fully saturated rings. The first-order valence-corrected chi connectivity index (χ1v) is 8.72. The Balaban J connectivity index is 1.93. The fourth-order valence-corrected chi connectivity index (χ4v) is 3.66. The third-order valence-electron chi connectivity index (χ3n) is 4.35. The summed E-state index contributed by atoms with van der Waals surface area (Å²) < 4.78 is 4.85. The van der Waals surface area contributed by atoms with Crippen LogP contribution in [0.15, 0.2) is 36.4 Å². The topological polar surface area (TPSA) is 46.6 Å². The number of carbonyl (C=O) groups excluding carboxylic acids is 2. The van der Waals surface area contributed by atoms with Crippen LogP contribution in [0.5, 0.6) is 0 Å². The van der Waals surface area contributed by atoms with Crippen molar-refractivity contribution in [2.24, 2.45) is 0 Å². The number of hydrogen-bond donors (Lipinski definition) is 0. The molecule has 1 heterocycles. The van der Waals surface area contributed by atoms with Gasteiger partial charge in [0, 0.05) is 22.3 Å². The van der Waals surface area contributed by atoms with Gasteiger partial charge in [-0.1, -0.05) is 35.3 Å². The van der Waals surface area contributed by atoms with E-state index in [9.17, 15) is 9.59 Å². The van der Waals surface area contributed by atoms with Crippen LogP contribution in [0.4, 0.5) is 5.69 Å². The average molecular weight is 378 g/mol. The SMILES string of the molecule is COC(=O)c1cccc2c1CCCN2C(=O)Cc1c(Cl)cccc1Cl. The van der Waals surface area contributed by atoms with Gasteiger partial charge in [-0.15, -0.1) is 0 Å². The zero-order chi connectivity index (χ0) is 18.0. The van der Waals surface area contributed by atoms with Crippen LogP contribution in [0.25, 0.3) is 0 Å². The van der Waals surface area contributed by atoms with E-state index < -0.39 is 0 Å². The van der Waals surface area contributed by atoms with Crippen LogP contribution in [0.2, 0.25) is 10.0 Å². The summed E-state index contributed by atoms with van der Waals surface area (Å²) in [6.07, 6.45) is 1.63. The van der Waals surface area contributed by atoms with E-state index in [0.717, 1.165) is 24.1 Å². The van der Waals surface area contributed by atoms with Gasteiger partial charge < -0.3 is 9.64 Å². The number of amides is 1. The van der Waals surface area contributed by atoms with Crippen LogP contribution in [0.1, 0.15) is 27.9 Å². The normalized spacial score (nSPS) is 13.3. The number of fused-ring (bicyclic) bond motifs is 1. The van der Waals surface area contributed by atoms with Gasteiger partial charge in [-0.25, -0.2) is 4.79 Å². The highest BCUT2D eigenvalue weighted by atomic mass is 35.5. The molecule has 0 unspecified atom stereocenters. The quantitative estimate of drug-likeness (QED) is 0.749. The summed E-state index contributed by atoms with van der Waals surface area (Å²) in [6, 6.07) is 10.5. The van der Waals surface area contributed by atoms with Crippen LogP contribution in [-0.4, -0.2) is 25.5 Å². The monoisotopic (exact) mass is 377 g/mol. The maximum absolute atomic E-state index is 12.9. The molecule has 1 aliphatic heterocycles. The standard InChI is InChI=1S/C19H17Cl2NO3/c1-25-19(24)13-5-2-9-17-12(13)6-4-10-22(17)18(23)11-14-15(20)7-3-8-16(14)21/h2-3,5,7-9H,4,6,10-11H2,1H3. The van der Waals surface area contributed by atoms with Crippen LogP contribution in [0.3, 0.4) is 0 Å². The second kappa shape index (κ2) is 7.46. The lowest BCUT2D eigenvalue weighted by Crippen LogP contribution is -2.37. The molecule has 2 aromatic carbocycles. The molecule has 0 N–H and O–H groups in total. The molecule has 0 atom stereocenters. The lowest BCUT2D eigenvalue weighted by atomic mass is 9.95. The molecule has 6 heteroatoms. The minimum absolute atomic E-state index is 0.0991. The largest absolute Gasteiger partial charge is 0.465 e. The van der Waals surface area contributed by atoms with Gasteiger partial charge in [0.05, 0.1) is 19.1 Å². The maximum Gasteiger partial charge on any atom is 0.338 e. The Kier molecular flexibility index (Phi) is 5.30. The van der Waals surface area contributed by atoms with E-state index in [1.165, 1.54) is 7.11 Å². The average Bonchev–Trinajstić information content (AvgIpc) is 2.63. The molecular formula is C19H17Cl2NO3. The third kappa shape index (κ3) is 3.51. The summed E-state index contributed by atoms with van der Waals surface area (Å²) in [4.78, 5) is 26.6. The van der Waals surface area contributed by atoms with Crippen molar-refractivity contribution in [2.75, 3.05) is 18.6 Å². The summed E-state index contributed by atoms with van der Waals surface area (Å²) in [5.41, 5.74) is 2.72. The van der Waals surface area contributed by atoms with E-state index in [4.69, 9.17) is 27.9 Å². The number of rotatable bonds is 3. The molecule has 0 saturated heterocycles. The predicted molar refractivity (Wildman–Crippen MR) is 98.6 cm³/mol. The molecule has 1 aliphatic rings. The van der Waals surface area contributed by atoms with Gasteiger partial charge in [0.1, 0.15) is 0 Å². The first kappa shape index (κ1) is 17.8. The molecule has 4 nitrogen and oxygen atoms in total. The number of benzene rings is 2. The Labute approximate surface area is 156 Å². The maximum atomic E-state index is 12.9. The number of hydrogen-bond acceptors (Lipinski definition) is 3. The molecule has 3 rings (SSSR count). The van der Waals surface area contributed by atoms with Crippen molar-refractivity contribution < 1.29 is 14.3 Å². The van der Waals surface area contributed by atoms with Crippen molar-refractivity contribution >= 4 is 40.8 Å². The van der Waals surface area contributed by atoms with Gasteiger partial charge in [-0.3, -0.25) is 4.79 Å². The van der Waals surface area contributed by atoms with Crippen molar-refractivity contribution in [1.29, 1.82) is 0 Å². The Morgan fingerprint density at radius 1 is 1.12 bits per heavy atom. The summed E-state index contributed by atoms with van der Waals surface area (Å²) in [7, 11) is 1.35. The molecule has 1 amide bonds. The Bertz CT molecular complexity index is 815. The summed E-state index contributed by atoms with van der Waals surface area (Å²) in [5, 5.41) is 0.947. The molecule has 0 radical (unpaired) electrons. The smallest absolute Gasteiger partial charge is 0.338 e. The number of carbonyl (C=O) groups is 2. The first-order valence-electron chi connectivity index (χ1n) is 7.96. The van der Waals surface area contributed by atoms with Gasteiger partial charge in [0.15, 0.2) is 0 Å². The Morgan fingerprint density at radius 2 is 1.80 bits per heavy atom. The highest BCUT2D eigenvalue weighted by molar-refractivity contribution is 6.36. The van der Waals surface area contributed by atoms with E-state index in [2.05, 4.69) is 0 Å². The van der Waals surface area contributed by atoms with Gasteiger partial charge in [0.2, 0.25) is 5.91 Å². The second-order valence-corrected chi connectivity index (χ2v) is 6.64. The van der Waals surface area contributed by atoms with Crippen LogP contribution >= 0.6 is 23.2 Å². The highest BCUT2D eigenvalue weighted by Crippen LogP contribution is 2.32. The third-order valence-corrected chi connectivity index (χ3v) is 5.05. The summed E-state index contributed by atoms with van der Waals surface area (Å²) in [6.45, 7) is 0.596. The molecule has 0 bridgehead atoms. The molecule has 25 heavy (non-hydrogen) atoms. The van der Waals surface area contributed by atoms with Gasteiger partial charge >= 0.3 is 5.97 Å². The zero-order valence-electron chi connectivity index (χ0n) is 13.7. The van der Waals surface area contributed by atoms with Crippen molar-refractivity contribution in [3.63, 3.8) is 0 Å². The molecule has 0 aliphatic carbocycles. The van der Waals surface area contributed by atoms with E-state index in [1.54, 1.807) is 35.2 Å². The molecule has 130 valence electrons. The van der Waals surface area contributed by atoms with Crippen LogP contribution in [-0.2, 0) is 22.4 Å². The molecule has 2 aromatic rings. The Morgan fingerprint density at radius 3 is 2.48 bits per heavy atom. The molecule has 0 saturated carbocycles. The number of ether oxygens (including phenoxy) is 1. The van der Waals surface area contributed by atoms with E-state index >= 15 is 0 Å². The van der Waals surface area contributed by atoms with E-state index in [0.29, 0.717) is 27.7 Å². The van der Waals surface area contributed by atoms with Gasteiger partial charge in [0.25, 0.3) is 0 Å². The minimum atomic E-state index is -0.389. The number of nitrogens with zero attached hydrogens (tertiary/aromatic N) is 1. The van der Waals surface area contributed by atoms with Gasteiger partial charge in [-0.2, -0.15) is 0 Å². The number of anilines is 1. The van der Waals surface area contributed by atoms with Crippen LogP contribution < -0.4 is 4.90 Å². The summed E-state index contributed by atoms with van der Waals surface area (Å²) >= 11 is 12.4. The van der Waals surface area contributed by atoms with E-state index in [-0.39, 0.29) is 18.3 Å². The minimum Gasteiger partial charge on any atom is -0.465 e. The van der Waals surface area contributed by atoms with Crippen molar-refractivity contribution in [3.8, 4) is 0 Å². The number of halogens is 2. The highest BCUT2D eigenvalue weighted by Gasteiger charge is 2.27. The summed E-state index contributed by atoms with van der Waals surface area (Å²) in [5.74, 6) is -0.488. The second-order valence-electron chi connectivity index (χ2n) is 5.82. The molecule has 0 spiro atoms. The predicted octanol–water partition coefficient (Wildman–Crippen LogP) is 4.30. The Hall–Kier alpha value is -2.04. The van der Waals surface area contributed by atoms with Crippen molar-refractivity contribution in [2.45, 2.75) is 19.3 Å². The van der Waals surface area contributed by atoms with Crippen molar-refractivity contribution in [1.82, 2.24) is 0 Å². The van der Waals surface area contributed by atoms with Gasteiger partial charge in [-0.05, 0) is 48.2 Å². The van der Waals surface area contributed by atoms with E-state index in [1.807, 2.05) is 6.07 Å². The fourth-order valence-electron chi connectivity index (χ4n) is 3.13. The lowest BCUT2D eigenvalue weighted by molar-refractivity contribution is -0.118. The van der Waals surface area contributed by atoms with Crippen LogP contribution in [0, 0.1) is 0 Å². The molecular weight excluding hydrogens is 361 g/mol. The zero-order valence-corrected chi connectivity index (χ0v) is 15.2. The fraction of sp³-hybridized carbons (Fsp3) is 0.263. The lowest BCUT2D eigenvalue weighted by Gasteiger charge is -2.30. The number of methoxy groups -OCH3 is 1.